The summed E-state index contributed by atoms with van der Waals surface area (Å²) in [6, 6.07) is 4.79. The highest BCUT2D eigenvalue weighted by molar-refractivity contribution is 9.10. The zero-order chi connectivity index (χ0) is 10.7. The van der Waals surface area contributed by atoms with Gasteiger partial charge >= 0.3 is 0 Å². The van der Waals surface area contributed by atoms with Gasteiger partial charge < -0.3 is 5.11 Å². The van der Waals surface area contributed by atoms with Crippen molar-refractivity contribution in [1.29, 1.82) is 0 Å². The van der Waals surface area contributed by atoms with Crippen molar-refractivity contribution in [3.05, 3.63) is 29.3 Å². The van der Waals surface area contributed by atoms with Crippen LogP contribution < -0.4 is 0 Å². The van der Waals surface area contributed by atoms with Crippen molar-refractivity contribution in [3.63, 3.8) is 0 Å². The van der Waals surface area contributed by atoms with Crippen molar-refractivity contribution in [3.8, 4) is 5.75 Å². The summed E-state index contributed by atoms with van der Waals surface area (Å²) in [6.07, 6.45) is 0. The van der Waals surface area contributed by atoms with Gasteiger partial charge in [-0.15, -0.1) is 11.6 Å². The highest BCUT2D eigenvalue weighted by Gasteiger charge is 2.16. The van der Waals surface area contributed by atoms with Crippen LogP contribution in [0.15, 0.2) is 18.2 Å². The summed E-state index contributed by atoms with van der Waals surface area (Å²) in [5.74, 6) is 0.182. The molecule has 0 aliphatic heterocycles. The first-order valence-corrected chi connectivity index (χ1v) is 5.57. The quantitative estimate of drug-likeness (QED) is 0.681. The average Bonchev–Trinajstić information content (AvgIpc) is 2.17. The maximum absolute atomic E-state index is 11.6. The Morgan fingerprint density at radius 2 is 2.29 bits per heavy atom. The summed E-state index contributed by atoms with van der Waals surface area (Å²) in [5, 5.41) is 9.47. The summed E-state index contributed by atoms with van der Waals surface area (Å²) < 4.78 is 0. The lowest BCUT2D eigenvalue weighted by molar-refractivity contribution is 0.0993. The topological polar surface area (TPSA) is 37.3 Å². The van der Waals surface area contributed by atoms with E-state index in [0.29, 0.717) is 11.4 Å². The second-order valence-corrected chi connectivity index (χ2v) is 4.61. The minimum absolute atomic E-state index is 0.00448. The predicted molar refractivity (Wildman–Crippen MR) is 60.4 cm³/mol. The van der Waals surface area contributed by atoms with Crippen LogP contribution in [0.25, 0.3) is 0 Å². The fourth-order valence-electron chi connectivity index (χ4n) is 1.08. The number of Topliss-reactive ketones (excluding diaryl/α,β-unsaturated/α-hetero) is 1. The first-order valence-electron chi connectivity index (χ1n) is 4.12. The number of phenols is 1. The van der Waals surface area contributed by atoms with E-state index in [1.807, 2.05) is 0 Å². The number of carbonyl (C=O) groups excluding carboxylic acids is 1. The molecule has 1 aromatic rings. The molecular weight excluding hydrogens is 267 g/mol. The van der Waals surface area contributed by atoms with E-state index in [1.54, 1.807) is 19.1 Å². The summed E-state index contributed by atoms with van der Waals surface area (Å²) >= 11 is 8.79. The number of hydrogen-bond donors (Lipinski definition) is 1. The van der Waals surface area contributed by atoms with E-state index in [2.05, 4.69) is 15.9 Å². The molecule has 0 radical (unpaired) electrons. The molecule has 0 saturated carbocycles. The van der Waals surface area contributed by atoms with Gasteiger partial charge in [0.25, 0.3) is 0 Å². The molecular formula is C10H10BrClO2. The molecule has 0 aliphatic carbocycles. The lowest BCUT2D eigenvalue weighted by atomic mass is 10.1. The van der Waals surface area contributed by atoms with Crippen LogP contribution in [0.5, 0.6) is 5.75 Å². The first-order chi connectivity index (χ1) is 6.56. The molecule has 1 unspecified atom stereocenters. The number of aromatic hydroxyl groups is 1. The second-order valence-electron chi connectivity index (χ2n) is 2.97. The molecule has 2 nitrogen and oxygen atoms in total. The normalized spacial score (nSPS) is 12.5. The molecule has 0 aliphatic rings. The van der Waals surface area contributed by atoms with Crippen molar-refractivity contribution in [2.45, 2.75) is 17.6 Å². The molecule has 1 aromatic carbocycles. The van der Waals surface area contributed by atoms with Crippen LogP contribution >= 0.6 is 27.5 Å². The van der Waals surface area contributed by atoms with E-state index in [9.17, 15) is 9.90 Å². The molecule has 0 saturated heterocycles. The van der Waals surface area contributed by atoms with Gasteiger partial charge in [-0.05, 0) is 24.6 Å². The van der Waals surface area contributed by atoms with E-state index >= 15 is 0 Å². The van der Waals surface area contributed by atoms with E-state index in [4.69, 9.17) is 11.6 Å². The molecule has 1 N–H and O–H groups in total. The Hall–Kier alpha value is -0.540. The third-order valence-corrected chi connectivity index (χ3v) is 2.57. The smallest absolute Gasteiger partial charge is 0.179 e. The van der Waals surface area contributed by atoms with Gasteiger partial charge in [0.05, 0.1) is 10.4 Å². The second kappa shape index (κ2) is 4.80. The molecule has 1 rings (SSSR count). The van der Waals surface area contributed by atoms with Crippen LogP contribution in [-0.2, 0) is 5.88 Å². The van der Waals surface area contributed by atoms with E-state index in [1.165, 1.54) is 6.07 Å². The van der Waals surface area contributed by atoms with Gasteiger partial charge in [0.15, 0.2) is 5.78 Å². The third-order valence-electron chi connectivity index (χ3n) is 1.84. The summed E-state index contributed by atoms with van der Waals surface area (Å²) in [4.78, 5) is 11.3. The van der Waals surface area contributed by atoms with Gasteiger partial charge in [-0.1, -0.05) is 22.0 Å². The molecule has 0 amide bonds. The number of carbonyl (C=O) groups is 1. The molecule has 0 spiro atoms. The summed E-state index contributed by atoms with van der Waals surface area (Å²) in [7, 11) is 0. The van der Waals surface area contributed by atoms with Crippen molar-refractivity contribution in [2.24, 2.45) is 0 Å². The Morgan fingerprint density at radius 3 is 2.79 bits per heavy atom. The van der Waals surface area contributed by atoms with Gasteiger partial charge in [-0.25, -0.2) is 0 Å². The Morgan fingerprint density at radius 1 is 1.64 bits per heavy atom. The SMILES string of the molecule is CC(Br)C(=O)c1cc(CCl)ccc1O. The van der Waals surface area contributed by atoms with Gasteiger partial charge in [0.1, 0.15) is 5.75 Å². The van der Waals surface area contributed by atoms with Crippen molar-refractivity contribution in [2.75, 3.05) is 0 Å². The van der Waals surface area contributed by atoms with Crippen LogP contribution in [0.1, 0.15) is 22.8 Å². The summed E-state index contributed by atoms with van der Waals surface area (Å²) in [6.45, 7) is 1.72. The van der Waals surface area contributed by atoms with Gasteiger partial charge in [-0.2, -0.15) is 0 Å². The van der Waals surface area contributed by atoms with Gasteiger partial charge in [0, 0.05) is 5.88 Å². The molecule has 0 fully saturated rings. The minimum Gasteiger partial charge on any atom is -0.507 e. The minimum atomic E-state index is -0.307. The molecule has 14 heavy (non-hydrogen) atoms. The summed E-state index contributed by atoms with van der Waals surface area (Å²) in [5.41, 5.74) is 1.13. The fraction of sp³-hybridized carbons (Fsp3) is 0.300. The zero-order valence-corrected chi connectivity index (χ0v) is 9.97. The highest BCUT2D eigenvalue weighted by Crippen LogP contribution is 2.22. The number of halogens is 2. The standard InChI is InChI=1S/C10H10BrClO2/c1-6(11)10(14)8-4-7(5-12)2-3-9(8)13/h2-4,6,13H,5H2,1H3. The van der Waals surface area contributed by atoms with Crippen LogP contribution in [-0.4, -0.2) is 15.7 Å². The first kappa shape index (κ1) is 11.5. The predicted octanol–water partition coefficient (Wildman–Crippen LogP) is 3.10. The average molecular weight is 278 g/mol. The Labute approximate surface area is 96.0 Å². The third kappa shape index (κ3) is 2.49. The molecule has 0 bridgehead atoms. The van der Waals surface area contributed by atoms with Crippen LogP contribution in [0.2, 0.25) is 0 Å². The van der Waals surface area contributed by atoms with Gasteiger partial charge in [0.2, 0.25) is 0 Å². The monoisotopic (exact) mass is 276 g/mol. The van der Waals surface area contributed by atoms with E-state index in [-0.39, 0.29) is 16.4 Å². The molecule has 4 heteroatoms. The van der Waals surface area contributed by atoms with Crippen LogP contribution in [0.4, 0.5) is 0 Å². The van der Waals surface area contributed by atoms with Crippen LogP contribution in [0, 0.1) is 0 Å². The highest BCUT2D eigenvalue weighted by atomic mass is 79.9. The van der Waals surface area contributed by atoms with Crippen molar-refractivity contribution < 1.29 is 9.90 Å². The number of alkyl halides is 2. The maximum Gasteiger partial charge on any atom is 0.179 e. The number of ketones is 1. The van der Waals surface area contributed by atoms with Crippen molar-refractivity contribution >= 4 is 33.3 Å². The largest absolute Gasteiger partial charge is 0.507 e. The molecule has 0 aromatic heterocycles. The number of benzene rings is 1. The fourth-order valence-corrected chi connectivity index (χ4v) is 1.49. The molecule has 0 heterocycles. The lowest BCUT2D eigenvalue weighted by Gasteiger charge is -2.06. The number of hydrogen-bond acceptors (Lipinski definition) is 2. The Bertz CT molecular complexity index is 350. The molecule has 76 valence electrons. The molecule has 1 atom stereocenters. The number of rotatable bonds is 3. The Kier molecular flexibility index (Phi) is 3.96. The van der Waals surface area contributed by atoms with Crippen molar-refractivity contribution in [1.82, 2.24) is 0 Å². The lowest BCUT2D eigenvalue weighted by Crippen LogP contribution is -2.10. The van der Waals surface area contributed by atoms with E-state index in [0.717, 1.165) is 5.56 Å². The van der Waals surface area contributed by atoms with E-state index < -0.39 is 0 Å². The van der Waals surface area contributed by atoms with Crippen LogP contribution in [0.3, 0.4) is 0 Å². The number of phenolic OH excluding ortho intramolecular Hbond substituents is 1. The maximum atomic E-state index is 11.6. The Balaban J connectivity index is 3.12. The van der Waals surface area contributed by atoms with Gasteiger partial charge in [-0.3, -0.25) is 4.79 Å². The zero-order valence-electron chi connectivity index (χ0n) is 7.63.